The SMILES string of the molecule is CCN(C(=O)c1cncc(Cl)n1)c1ccc(F)cc1. The van der Waals surface area contributed by atoms with E-state index in [9.17, 15) is 9.18 Å². The van der Waals surface area contributed by atoms with Crippen molar-refractivity contribution in [2.24, 2.45) is 0 Å². The van der Waals surface area contributed by atoms with Crippen LogP contribution in [0.4, 0.5) is 10.1 Å². The highest BCUT2D eigenvalue weighted by Gasteiger charge is 2.18. The Balaban J connectivity index is 2.31. The molecular weight excluding hydrogens is 269 g/mol. The van der Waals surface area contributed by atoms with Crippen molar-refractivity contribution in [3.8, 4) is 0 Å². The monoisotopic (exact) mass is 279 g/mol. The summed E-state index contributed by atoms with van der Waals surface area (Å²) < 4.78 is 12.9. The smallest absolute Gasteiger partial charge is 0.278 e. The molecule has 6 heteroatoms. The molecule has 0 N–H and O–H groups in total. The number of carbonyl (C=O) groups excluding carboxylic acids is 1. The molecule has 0 atom stereocenters. The molecule has 1 aromatic heterocycles. The van der Waals surface area contributed by atoms with Gasteiger partial charge in [-0.1, -0.05) is 11.6 Å². The van der Waals surface area contributed by atoms with Gasteiger partial charge in [0.05, 0.1) is 12.4 Å². The molecule has 0 aliphatic heterocycles. The average molecular weight is 280 g/mol. The van der Waals surface area contributed by atoms with Crippen LogP contribution in [0.2, 0.25) is 5.15 Å². The summed E-state index contributed by atoms with van der Waals surface area (Å²) >= 11 is 5.71. The van der Waals surface area contributed by atoms with Crippen molar-refractivity contribution >= 4 is 23.2 Å². The lowest BCUT2D eigenvalue weighted by Gasteiger charge is -2.20. The topological polar surface area (TPSA) is 46.1 Å². The van der Waals surface area contributed by atoms with Crippen LogP contribution in [-0.2, 0) is 0 Å². The van der Waals surface area contributed by atoms with Gasteiger partial charge in [-0.15, -0.1) is 0 Å². The molecule has 0 unspecified atom stereocenters. The van der Waals surface area contributed by atoms with E-state index in [1.54, 1.807) is 0 Å². The largest absolute Gasteiger partial charge is 0.307 e. The second-order valence-electron chi connectivity index (χ2n) is 3.75. The van der Waals surface area contributed by atoms with Crippen LogP contribution in [-0.4, -0.2) is 22.4 Å². The number of carbonyl (C=O) groups is 1. The van der Waals surface area contributed by atoms with Gasteiger partial charge < -0.3 is 4.90 Å². The lowest BCUT2D eigenvalue weighted by molar-refractivity contribution is 0.0983. The van der Waals surface area contributed by atoms with Gasteiger partial charge in [-0.05, 0) is 31.2 Å². The van der Waals surface area contributed by atoms with Gasteiger partial charge in [0.1, 0.15) is 16.7 Å². The van der Waals surface area contributed by atoms with E-state index >= 15 is 0 Å². The van der Waals surface area contributed by atoms with Crippen LogP contribution >= 0.6 is 11.6 Å². The fraction of sp³-hybridized carbons (Fsp3) is 0.154. The summed E-state index contributed by atoms with van der Waals surface area (Å²) in [7, 11) is 0. The number of anilines is 1. The van der Waals surface area contributed by atoms with E-state index in [0.717, 1.165) is 0 Å². The van der Waals surface area contributed by atoms with Crippen LogP contribution in [0.3, 0.4) is 0 Å². The second kappa shape index (κ2) is 5.75. The third kappa shape index (κ3) is 3.06. The first kappa shape index (κ1) is 13.4. The predicted octanol–water partition coefficient (Wildman–Crippen LogP) is 2.94. The Hall–Kier alpha value is -2.01. The molecule has 0 saturated carbocycles. The molecule has 0 aliphatic rings. The van der Waals surface area contributed by atoms with Crippen LogP contribution in [0.25, 0.3) is 0 Å². The molecule has 0 fully saturated rings. The number of halogens is 2. The van der Waals surface area contributed by atoms with Crippen LogP contribution < -0.4 is 4.90 Å². The summed E-state index contributed by atoms with van der Waals surface area (Å²) in [6.45, 7) is 2.25. The zero-order valence-corrected chi connectivity index (χ0v) is 10.9. The number of aromatic nitrogens is 2. The highest BCUT2D eigenvalue weighted by Crippen LogP contribution is 2.17. The molecule has 1 aromatic carbocycles. The van der Waals surface area contributed by atoms with Crippen molar-refractivity contribution in [2.45, 2.75) is 6.92 Å². The van der Waals surface area contributed by atoms with Crippen molar-refractivity contribution in [1.82, 2.24) is 9.97 Å². The Bertz CT molecular complexity index is 589. The van der Waals surface area contributed by atoms with Gasteiger partial charge in [-0.3, -0.25) is 9.78 Å². The predicted molar refractivity (Wildman–Crippen MR) is 70.8 cm³/mol. The third-order valence-electron chi connectivity index (χ3n) is 2.52. The summed E-state index contributed by atoms with van der Waals surface area (Å²) in [6, 6.07) is 5.67. The highest BCUT2D eigenvalue weighted by atomic mass is 35.5. The first-order chi connectivity index (χ1) is 9.11. The fourth-order valence-corrected chi connectivity index (χ4v) is 1.80. The number of nitrogens with zero attached hydrogens (tertiary/aromatic N) is 3. The maximum absolute atomic E-state index is 12.9. The van der Waals surface area contributed by atoms with Crippen LogP contribution in [0.5, 0.6) is 0 Å². The summed E-state index contributed by atoms with van der Waals surface area (Å²) in [5.41, 5.74) is 0.745. The van der Waals surface area contributed by atoms with Gasteiger partial charge in [0.25, 0.3) is 5.91 Å². The average Bonchev–Trinajstić information content (AvgIpc) is 2.41. The molecule has 0 aliphatic carbocycles. The quantitative estimate of drug-likeness (QED) is 0.868. The van der Waals surface area contributed by atoms with E-state index in [-0.39, 0.29) is 22.6 Å². The Morgan fingerprint density at radius 1 is 1.32 bits per heavy atom. The number of hydrogen-bond acceptors (Lipinski definition) is 3. The summed E-state index contributed by atoms with van der Waals surface area (Å²) in [5, 5.41) is 0.154. The highest BCUT2D eigenvalue weighted by molar-refractivity contribution is 6.29. The van der Waals surface area contributed by atoms with Crippen molar-refractivity contribution < 1.29 is 9.18 Å². The lowest BCUT2D eigenvalue weighted by atomic mass is 10.2. The van der Waals surface area contributed by atoms with Crippen molar-refractivity contribution in [3.63, 3.8) is 0 Å². The fourth-order valence-electron chi connectivity index (χ4n) is 1.65. The van der Waals surface area contributed by atoms with Crippen molar-refractivity contribution in [3.05, 3.63) is 53.3 Å². The molecule has 2 aromatic rings. The molecule has 0 radical (unpaired) electrons. The molecule has 0 bridgehead atoms. The van der Waals surface area contributed by atoms with E-state index in [0.29, 0.717) is 12.2 Å². The summed E-state index contributed by atoms with van der Waals surface area (Å²) in [6.07, 6.45) is 2.70. The van der Waals surface area contributed by atoms with E-state index < -0.39 is 0 Å². The standard InChI is InChI=1S/C13H11ClFN3O/c1-2-18(10-5-3-9(15)4-6-10)13(19)11-7-16-8-12(14)17-11/h3-8H,2H2,1H3. The Kier molecular flexibility index (Phi) is 4.06. The molecule has 1 heterocycles. The minimum Gasteiger partial charge on any atom is -0.307 e. The zero-order valence-electron chi connectivity index (χ0n) is 10.2. The molecule has 0 saturated heterocycles. The normalized spacial score (nSPS) is 10.3. The van der Waals surface area contributed by atoms with Gasteiger partial charge in [0.15, 0.2) is 0 Å². The molecule has 1 amide bonds. The molecule has 0 spiro atoms. The van der Waals surface area contributed by atoms with Crippen molar-refractivity contribution in [1.29, 1.82) is 0 Å². The van der Waals surface area contributed by atoms with E-state index in [2.05, 4.69) is 9.97 Å². The summed E-state index contributed by atoms with van der Waals surface area (Å²) in [4.78, 5) is 21.5. The molecular formula is C13H11ClFN3O. The molecule has 2 rings (SSSR count). The van der Waals surface area contributed by atoms with Crippen LogP contribution in [0.15, 0.2) is 36.7 Å². The molecule has 98 valence electrons. The minimum atomic E-state index is -0.352. The van der Waals surface area contributed by atoms with Crippen LogP contribution in [0.1, 0.15) is 17.4 Å². The molecule has 4 nitrogen and oxygen atoms in total. The van der Waals surface area contributed by atoms with Crippen molar-refractivity contribution in [2.75, 3.05) is 11.4 Å². The maximum Gasteiger partial charge on any atom is 0.278 e. The number of amides is 1. The zero-order chi connectivity index (χ0) is 13.8. The molecule has 19 heavy (non-hydrogen) atoms. The first-order valence-corrected chi connectivity index (χ1v) is 6.04. The maximum atomic E-state index is 12.9. The van der Waals surface area contributed by atoms with Crippen LogP contribution in [0, 0.1) is 5.82 Å². The third-order valence-corrected chi connectivity index (χ3v) is 2.71. The van der Waals surface area contributed by atoms with Gasteiger partial charge in [0.2, 0.25) is 0 Å². The van der Waals surface area contributed by atoms with Gasteiger partial charge in [-0.2, -0.15) is 0 Å². The van der Waals surface area contributed by atoms with E-state index in [1.807, 2.05) is 6.92 Å². The van der Waals surface area contributed by atoms with Gasteiger partial charge in [0, 0.05) is 12.2 Å². The number of hydrogen-bond donors (Lipinski definition) is 0. The van der Waals surface area contributed by atoms with E-state index in [1.165, 1.54) is 41.6 Å². The number of rotatable bonds is 3. The summed E-state index contributed by atoms with van der Waals surface area (Å²) in [5.74, 6) is -0.682. The number of benzene rings is 1. The lowest BCUT2D eigenvalue weighted by Crippen LogP contribution is -2.31. The van der Waals surface area contributed by atoms with E-state index in [4.69, 9.17) is 11.6 Å². The Morgan fingerprint density at radius 3 is 2.58 bits per heavy atom. The Morgan fingerprint density at radius 2 is 2.00 bits per heavy atom. The van der Waals surface area contributed by atoms with Gasteiger partial charge >= 0.3 is 0 Å². The van der Waals surface area contributed by atoms with Gasteiger partial charge in [-0.25, -0.2) is 9.37 Å². The Labute approximate surface area is 114 Å². The second-order valence-corrected chi connectivity index (χ2v) is 4.14. The first-order valence-electron chi connectivity index (χ1n) is 5.66. The minimum absolute atomic E-state index is 0.152.